The standard InChI is InChI=1S/C27H41ClN2O2.2ClH/c1-4-7-18-30(19-8-5-2)20-12-17-29-21-23-14-11-16-26(31-6-3)27(23)32-22-24-13-9-10-15-25(24)28;;/h9-11,13-16,29H,4-8,12,17-22H2,1-3H3;2*1H. The molecule has 2 aromatic rings. The van der Waals surface area contributed by atoms with Gasteiger partial charge in [-0.25, -0.2) is 0 Å². The van der Waals surface area contributed by atoms with Crippen molar-refractivity contribution in [1.29, 1.82) is 0 Å². The number of benzene rings is 2. The van der Waals surface area contributed by atoms with Gasteiger partial charge in [-0.1, -0.05) is 68.6 Å². The van der Waals surface area contributed by atoms with Crippen LogP contribution in [0.15, 0.2) is 42.5 Å². The molecule has 0 aliphatic carbocycles. The lowest BCUT2D eigenvalue weighted by atomic mass is 10.1. The second-order valence-corrected chi connectivity index (χ2v) is 8.54. The number of rotatable bonds is 17. The zero-order valence-corrected chi connectivity index (χ0v) is 23.4. The molecule has 2 rings (SSSR count). The smallest absolute Gasteiger partial charge is 0.166 e. The van der Waals surface area contributed by atoms with E-state index in [2.05, 4.69) is 30.1 Å². The van der Waals surface area contributed by atoms with Crippen LogP contribution < -0.4 is 14.8 Å². The van der Waals surface area contributed by atoms with E-state index in [0.717, 1.165) is 53.7 Å². The van der Waals surface area contributed by atoms with Crippen molar-refractivity contribution in [3.05, 3.63) is 58.6 Å². The van der Waals surface area contributed by atoms with Crippen LogP contribution in [0.3, 0.4) is 0 Å². The third kappa shape index (κ3) is 12.0. The number of nitrogens with zero attached hydrogens (tertiary/aromatic N) is 1. The fraction of sp³-hybridized carbons (Fsp3) is 0.556. The Kier molecular flexibility index (Phi) is 19.4. The van der Waals surface area contributed by atoms with Gasteiger partial charge < -0.3 is 19.7 Å². The Hall–Kier alpha value is -1.17. The molecule has 0 heterocycles. The summed E-state index contributed by atoms with van der Waals surface area (Å²) >= 11 is 6.31. The monoisotopic (exact) mass is 532 g/mol. The number of nitrogens with one attached hydrogen (secondary N) is 1. The fourth-order valence-corrected chi connectivity index (χ4v) is 3.84. The van der Waals surface area contributed by atoms with E-state index in [4.69, 9.17) is 21.1 Å². The van der Waals surface area contributed by atoms with E-state index < -0.39 is 0 Å². The van der Waals surface area contributed by atoms with Gasteiger partial charge in [0.25, 0.3) is 0 Å². The molecule has 2 aromatic carbocycles. The highest BCUT2D eigenvalue weighted by Crippen LogP contribution is 2.32. The topological polar surface area (TPSA) is 33.7 Å². The summed E-state index contributed by atoms with van der Waals surface area (Å²) in [4.78, 5) is 2.61. The molecule has 0 amide bonds. The van der Waals surface area contributed by atoms with Crippen molar-refractivity contribution in [3.63, 3.8) is 0 Å². The van der Waals surface area contributed by atoms with Gasteiger partial charge in [0.2, 0.25) is 0 Å². The Morgan fingerprint density at radius 2 is 1.44 bits per heavy atom. The first-order chi connectivity index (χ1) is 15.7. The minimum absolute atomic E-state index is 0. The Bertz CT molecular complexity index is 769. The average molecular weight is 534 g/mol. The van der Waals surface area contributed by atoms with Gasteiger partial charge in [0.1, 0.15) is 6.61 Å². The van der Waals surface area contributed by atoms with Crippen LogP contribution in [0.5, 0.6) is 11.5 Å². The third-order valence-corrected chi connectivity index (χ3v) is 5.86. The molecule has 194 valence electrons. The second kappa shape index (κ2) is 20.1. The van der Waals surface area contributed by atoms with E-state index in [9.17, 15) is 0 Å². The number of hydrogen-bond acceptors (Lipinski definition) is 4. The summed E-state index contributed by atoms with van der Waals surface area (Å²) in [5, 5.41) is 4.32. The van der Waals surface area contributed by atoms with E-state index in [1.165, 1.54) is 38.8 Å². The van der Waals surface area contributed by atoms with Gasteiger partial charge in [-0.3, -0.25) is 0 Å². The molecule has 0 aliphatic rings. The minimum atomic E-state index is 0. The van der Waals surface area contributed by atoms with Gasteiger partial charge in [-0.2, -0.15) is 0 Å². The molecule has 0 radical (unpaired) electrons. The van der Waals surface area contributed by atoms with Crippen LogP contribution in [0.25, 0.3) is 0 Å². The van der Waals surface area contributed by atoms with Crippen LogP contribution in [-0.2, 0) is 13.2 Å². The van der Waals surface area contributed by atoms with Crippen molar-refractivity contribution in [1.82, 2.24) is 10.2 Å². The summed E-state index contributed by atoms with van der Waals surface area (Å²) in [7, 11) is 0. The lowest BCUT2D eigenvalue weighted by Crippen LogP contribution is -2.29. The van der Waals surface area contributed by atoms with E-state index in [-0.39, 0.29) is 24.8 Å². The zero-order chi connectivity index (χ0) is 23.0. The van der Waals surface area contributed by atoms with Crippen LogP contribution in [0.1, 0.15) is 64.0 Å². The van der Waals surface area contributed by atoms with Crippen molar-refractivity contribution < 1.29 is 9.47 Å². The van der Waals surface area contributed by atoms with Crippen molar-refractivity contribution in [2.24, 2.45) is 0 Å². The van der Waals surface area contributed by atoms with Gasteiger partial charge in [-0.05, 0) is 64.5 Å². The van der Waals surface area contributed by atoms with Crippen molar-refractivity contribution >= 4 is 36.4 Å². The summed E-state index contributed by atoms with van der Waals surface area (Å²) in [5.74, 6) is 1.58. The lowest BCUT2D eigenvalue weighted by Gasteiger charge is -2.22. The Morgan fingerprint density at radius 1 is 0.794 bits per heavy atom. The maximum atomic E-state index is 6.31. The molecule has 0 unspecified atom stereocenters. The molecule has 0 saturated carbocycles. The maximum absolute atomic E-state index is 6.31. The molecule has 4 nitrogen and oxygen atoms in total. The number of hydrogen-bond donors (Lipinski definition) is 1. The molecular formula is C27H43Cl3N2O2. The van der Waals surface area contributed by atoms with E-state index in [1.54, 1.807) is 0 Å². The Balaban J connectivity index is 0.00000544. The molecule has 0 aliphatic heterocycles. The summed E-state index contributed by atoms with van der Waals surface area (Å²) in [5.41, 5.74) is 2.08. The molecule has 7 heteroatoms. The highest BCUT2D eigenvalue weighted by Gasteiger charge is 2.12. The van der Waals surface area contributed by atoms with Crippen molar-refractivity contribution in [2.75, 3.05) is 32.8 Å². The SMILES string of the molecule is CCCCN(CCCC)CCCNCc1cccc(OCC)c1OCc1ccccc1Cl.Cl.Cl. The van der Waals surface area contributed by atoms with Crippen LogP contribution in [-0.4, -0.2) is 37.7 Å². The van der Waals surface area contributed by atoms with E-state index >= 15 is 0 Å². The largest absolute Gasteiger partial charge is 0.490 e. The van der Waals surface area contributed by atoms with Crippen LogP contribution >= 0.6 is 36.4 Å². The van der Waals surface area contributed by atoms with E-state index in [1.807, 2.05) is 43.3 Å². The van der Waals surface area contributed by atoms with Gasteiger partial charge >= 0.3 is 0 Å². The summed E-state index contributed by atoms with van der Waals surface area (Å²) < 4.78 is 12.1. The number of unbranched alkanes of at least 4 members (excludes halogenated alkanes) is 2. The fourth-order valence-electron chi connectivity index (χ4n) is 3.65. The third-order valence-electron chi connectivity index (χ3n) is 5.49. The van der Waals surface area contributed by atoms with E-state index in [0.29, 0.717) is 13.2 Å². The number of ether oxygens (including phenoxy) is 2. The van der Waals surface area contributed by atoms with Gasteiger partial charge in [0.15, 0.2) is 11.5 Å². The first kappa shape index (κ1) is 32.8. The molecule has 0 spiro atoms. The summed E-state index contributed by atoms with van der Waals surface area (Å²) in [6.07, 6.45) is 6.23. The first-order valence-corrected chi connectivity index (χ1v) is 12.6. The second-order valence-electron chi connectivity index (χ2n) is 8.14. The average Bonchev–Trinajstić information content (AvgIpc) is 2.80. The van der Waals surface area contributed by atoms with Gasteiger partial charge in [0, 0.05) is 22.7 Å². The quantitative estimate of drug-likeness (QED) is 0.213. The van der Waals surface area contributed by atoms with Gasteiger partial charge in [-0.15, -0.1) is 24.8 Å². The molecule has 0 atom stereocenters. The zero-order valence-electron chi connectivity index (χ0n) is 21.0. The molecule has 0 aromatic heterocycles. The molecule has 0 fully saturated rings. The molecular weight excluding hydrogens is 491 g/mol. The Morgan fingerprint density at radius 3 is 2.09 bits per heavy atom. The van der Waals surface area contributed by atoms with Crippen molar-refractivity contribution in [3.8, 4) is 11.5 Å². The molecule has 0 saturated heterocycles. The minimum Gasteiger partial charge on any atom is -0.490 e. The maximum Gasteiger partial charge on any atom is 0.166 e. The van der Waals surface area contributed by atoms with Gasteiger partial charge in [0.05, 0.1) is 6.61 Å². The number of para-hydroxylation sites is 1. The molecule has 0 bridgehead atoms. The normalized spacial score (nSPS) is 10.5. The van der Waals surface area contributed by atoms with Crippen LogP contribution in [0, 0.1) is 0 Å². The first-order valence-electron chi connectivity index (χ1n) is 12.2. The van der Waals surface area contributed by atoms with Crippen LogP contribution in [0.4, 0.5) is 0 Å². The Labute approximate surface area is 224 Å². The summed E-state index contributed by atoms with van der Waals surface area (Å²) in [6.45, 7) is 12.9. The summed E-state index contributed by atoms with van der Waals surface area (Å²) in [6, 6.07) is 13.9. The highest BCUT2D eigenvalue weighted by molar-refractivity contribution is 6.31. The molecule has 34 heavy (non-hydrogen) atoms. The van der Waals surface area contributed by atoms with Crippen LogP contribution in [0.2, 0.25) is 5.02 Å². The predicted octanol–water partition coefficient (Wildman–Crippen LogP) is 7.54. The number of halogens is 3. The van der Waals surface area contributed by atoms with Crippen molar-refractivity contribution in [2.45, 2.75) is 66.0 Å². The lowest BCUT2D eigenvalue weighted by molar-refractivity contribution is 0.259. The molecule has 1 N–H and O–H groups in total. The highest BCUT2D eigenvalue weighted by atomic mass is 35.5. The predicted molar refractivity (Wildman–Crippen MR) is 150 cm³/mol.